The number of benzene rings is 1. The number of likely N-dealkylation sites (N-methyl/N-ethyl adjacent to an activating group) is 1. The second-order valence-electron chi connectivity index (χ2n) is 7.14. The molecule has 0 radical (unpaired) electrons. The summed E-state index contributed by atoms with van der Waals surface area (Å²) in [6, 6.07) is 3.27. The topological polar surface area (TPSA) is 43.8 Å². The van der Waals surface area contributed by atoms with Crippen molar-refractivity contribution >= 4 is 5.91 Å². The standard InChI is InChI=1S/C18H26F2N2O2/c1-12(13-7-8-14(19)15(20)10-13)21(4)17(23)11-22-9-5-6-16(22)18(2,3)24/h7-8,10,12,16,24H,5-6,9,11H2,1-4H3. The Hall–Kier alpha value is -1.53. The molecule has 1 N–H and O–H groups in total. The van der Waals surface area contributed by atoms with E-state index >= 15 is 0 Å². The van der Waals surface area contributed by atoms with Crippen molar-refractivity contribution in [3.63, 3.8) is 0 Å². The molecule has 0 aliphatic carbocycles. The highest BCUT2D eigenvalue weighted by atomic mass is 19.2. The van der Waals surface area contributed by atoms with Crippen molar-refractivity contribution < 1.29 is 18.7 Å². The molecule has 1 aliphatic heterocycles. The van der Waals surface area contributed by atoms with E-state index in [0.29, 0.717) is 5.56 Å². The summed E-state index contributed by atoms with van der Waals surface area (Å²) in [6.07, 6.45) is 1.81. The Morgan fingerprint density at radius 3 is 2.67 bits per heavy atom. The third-order valence-corrected chi connectivity index (χ3v) is 4.92. The zero-order valence-electron chi connectivity index (χ0n) is 14.7. The number of carbonyl (C=O) groups is 1. The van der Waals surface area contributed by atoms with Gasteiger partial charge >= 0.3 is 0 Å². The number of amides is 1. The van der Waals surface area contributed by atoms with Gasteiger partial charge in [-0.2, -0.15) is 0 Å². The van der Waals surface area contributed by atoms with Crippen LogP contribution in [-0.2, 0) is 4.79 Å². The molecule has 24 heavy (non-hydrogen) atoms. The maximum Gasteiger partial charge on any atom is 0.237 e. The minimum absolute atomic E-state index is 0.0478. The maximum atomic E-state index is 13.4. The number of carbonyl (C=O) groups excluding carboxylic acids is 1. The zero-order chi connectivity index (χ0) is 18.1. The molecule has 4 nitrogen and oxygen atoms in total. The van der Waals surface area contributed by atoms with Gasteiger partial charge in [0.25, 0.3) is 0 Å². The van der Waals surface area contributed by atoms with Crippen molar-refractivity contribution in [1.82, 2.24) is 9.80 Å². The van der Waals surface area contributed by atoms with Crippen LogP contribution in [-0.4, -0.2) is 52.6 Å². The van der Waals surface area contributed by atoms with Crippen LogP contribution in [0.5, 0.6) is 0 Å². The monoisotopic (exact) mass is 340 g/mol. The SMILES string of the molecule is CC(c1ccc(F)c(F)c1)N(C)C(=O)CN1CCCC1C(C)(C)O. The highest BCUT2D eigenvalue weighted by molar-refractivity contribution is 5.78. The number of likely N-dealkylation sites (tertiary alicyclic amines) is 1. The van der Waals surface area contributed by atoms with E-state index in [1.807, 2.05) is 4.90 Å². The van der Waals surface area contributed by atoms with Crippen LogP contribution >= 0.6 is 0 Å². The Balaban J connectivity index is 2.04. The van der Waals surface area contributed by atoms with Gasteiger partial charge in [-0.15, -0.1) is 0 Å². The molecule has 0 aromatic heterocycles. The van der Waals surface area contributed by atoms with E-state index in [9.17, 15) is 18.7 Å². The van der Waals surface area contributed by atoms with Gasteiger partial charge in [0.15, 0.2) is 11.6 Å². The lowest BCUT2D eigenvalue weighted by Crippen LogP contribution is -2.49. The fraction of sp³-hybridized carbons (Fsp3) is 0.611. The Kier molecular flexibility index (Phi) is 5.60. The molecular formula is C18H26F2N2O2. The van der Waals surface area contributed by atoms with Gasteiger partial charge in [0.05, 0.1) is 18.2 Å². The molecule has 0 bridgehead atoms. The summed E-state index contributed by atoms with van der Waals surface area (Å²) in [5.74, 6) is -1.92. The molecule has 1 heterocycles. The molecule has 1 amide bonds. The van der Waals surface area contributed by atoms with Gasteiger partial charge in [0.1, 0.15) is 0 Å². The molecule has 1 saturated heterocycles. The smallest absolute Gasteiger partial charge is 0.237 e. The summed E-state index contributed by atoms with van der Waals surface area (Å²) in [6.45, 7) is 6.27. The Morgan fingerprint density at radius 1 is 1.42 bits per heavy atom. The third kappa shape index (κ3) is 4.11. The predicted octanol–water partition coefficient (Wildman–Crippen LogP) is 2.72. The summed E-state index contributed by atoms with van der Waals surface area (Å²) >= 11 is 0. The molecule has 1 fully saturated rings. The average Bonchev–Trinajstić information content (AvgIpc) is 2.96. The number of hydrogen-bond donors (Lipinski definition) is 1. The van der Waals surface area contributed by atoms with E-state index in [1.54, 1.807) is 27.8 Å². The van der Waals surface area contributed by atoms with Crippen molar-refractivity contribution in [2.45, 2.75) is 51.3 Å². The largest absolute Gasteiger partial charge is 0.389 e. The van der Waals surface area contributed by atoms with E-state index in [-0.39, 0.29) is 24.5 Å². The summed E-state index contributed by atoms with van der Waals surface area (Å²) in [5.41, 5.74) is -0.314. The number of hydrogen-bond acceptors (Lipinski definition) is 3. The second-order valence-corrected chi connectivity index (χ2v) is 7.14. The first-order valence-corrected chi connectivity index (χ1v) is 8.28. The van der Waals surface area contributed by atoms with Gasteiger partial charge < -0.3 is 10.0 Å². The van der Waals surface area contributed by atoms with Gasteiger partial charge in [0, 0.05) is 13.1 Å². The predicted molar refractivity (Wildman–Crippen MR) is 88.4 cm³/mol. The van der Waals surface area contributed by atoms with Crippen LogP contribution in [0.3, 0.4) is 0 Å². The molecule has 2 atom stereocenters. The lowest BCUT2D eigenvalue weighted by molar-refractivity contribution is -0.134. The molecule has 1 aromatic rings. The lowest BCUT2D eigenvalue weighted by atomic mass is 9.96. The van der Waals surface area contributed by atoms with E-state index in [4.69, 9.17) is 0 Å². The summed E-state index contributed by atoms with van der Waals surface area (Å²) in [7, 11) is 1.66. The molecule has 2 unspecified atom stereocenters. The van der Waals surface area contributed by atoms with Gasteiger partial charge in [-0.3, -0.25) is 9.69 Å². The second kappa shape index (κ2) is 7.15. The first kappa shape index (κ1) is 18.8. The highest BCUT2D eigenvalue weighted by Crippen LogP contribution is 2.27. The zero-order valence-corrected chi connectivity index (χ0v) is 14.7. The molecule has 1 aliphatic rings. The molecule has 6 heteroatoms. The lowest BCUT2D eigenvalue weighted by Gasteiger charge is -2.35. The number of rotatable bonds is 5. The maximum absolute atomic E-state index is 13.4. The Morgan fingerprint density at radius 2 is 2.08 bits per heavy atom. The van der Waals surface area contributed by atoms with Crippen molar-refractivity contribution in [2.75, 3.05) is 20.1 Å². The Labute approximate surface area is 142 Å². The first-order chi connectivity index (χ1) is 11.1. The van der Waals surface area contributed by atoms with Crippen molar-refractivity contribution in [1.29, 1.82) is 0 Å². The number of nitrogens with zero attached hydrogens (tertiary/aromatic N) is 2. The van der Waals surface area contributed by atoms with E-state index in [2.05, 4.69) is 0 Å². The summed E-state index contributed by atoms with van der Waals surface area (Å²) in [4.78, 5) is 16.1. The normalized spacial score (nSPS) is 20.2. The number of halogens is 2. The van der Waals surface area contributed by atoms with Crippen LogP contribution in [0.25, 0.3) is 0 Å². The van der Waals surface area contributed by atoms with Crippen molar-refractivity contribution in [3.8, 4) is 0 Å². The van der Waals surface area contributed by atoms with Crippen molar-refractivity contribution in [2.24, 2.45) is 0 Å². The molecular weight excluding hydrogens is 314 g/mol. The van der Waals surface area contributed by atoms with Gasteiger partial charge in [-0.05, 0) is 57.9 Å². The quantitative estimate of drug-likeness (QED) is 0.896. The van der Waals surface area contributed by atoms with E-state index < -0.39 is 17.2 Å². The van der Waals surface area contributed by atoms with E-state index in [0.717, 1.165) is 31.5 Å². The summed E-state index contributed by atoms with van der Waals surface area (Å²) < 4.78 is 26.5. The fourth-order valence-electron chi connectivity index (χ4n) is 3.31. The highest BCUT2D eigenvalue weighted by Gasteiger charge is 2.37. The van der Waals surface area contributed by atoms with Crippen LogP contribution in [0.15, 0.2) is 18.2 Å². The Bertz CT molecular complexity index is 601. The molecule has 134 valence electrons. The van der Waals surface area contributed by atoms with Crippen LogP contribution in [0.1, 0.15) is 45.2 Å². The average molecular weight is 340 g/mol. The molecule has 2 rings (SSSR count). The van der Waals surface area contributed by atoms with E-state index in [1.165, 1.54) is 11.0 Å². The number of aliphatic hydroxyl groups is 1. The van der Waals surface area contributed by atoms with Gasteiger partial charge in [-0.25, -0.2) is 8.78 Å². The van der Waals surface area contributed by atoms with Gasteiger partial charge in [-0.1, -0.05) is 6.07 Å². The summed E-state index contributed by atoms with van der Waals surface area (Å²) in [5, 5.41) is 10.2. The molecule has 0 saturated carbocycles. The third-order valence-electron chi connectivity index (χ3n) is 4.92. The van der Waals surface area contributed by atoms with Crippen molar-refractivity contribution in [3.05, 3.63) is 35.4 Å². The fourth-order valence-corrected chi connectivity index (χ4v) is 3.31. The minimum atomic E-state index is -0.915. The minimum Gasteiger partial charge on any atom is -0.389 e. The van der Waals surface area contributed by atoms with Crippen LogP contribution < -0.4 is 0 Å². The first-order valence-electron chi connectivity index (χ1n) is 8.28. The molecule has 1 aromatic carbocycles. The van der Waals surface area contributed by atoms with Gasteiger partial charge in [0.2, 0.25) is 5.91 Å². The van der Waals surface area contributed by atoms with Crippen LogP contribution in [0, 0.1) is 11.6 Å². The van der Waals surface area contributed by atoms with Crippen LogP contribution in [0.4, 0.5) is 8.78 Å². The van der Waals surface area contributed by atoms with Crippen LogP contribution in [0.2, 0.25) is 0 Å². The molecule has 0 spiro atoms.